The van der Waals surface area contributed by atoms with E-state index in [-0.39, 0.29) is 12.3 Å². The molecule has 3 aromatic rings. The number of rotatable bonds is 4. The summed E-state index contributed by atoms with van der Waals surface area (Å²) >= 11 is 0. The van der Waals surface area contributed by atoms with Crippen molar-refractivity contribution in [2.75, 3.05) is 0 Å². The predicted octanol–water partition coefficient (Wildman–Crippen LogP) is 5.79. The van der Waals surface area contributed by atoms with Crippen molar-refractivity contribution >= 4 is 23.2 Å². The summed E-state index contributed by atoms with van der Waals surface area (Å²) in [6, 6.07) is 17.9. The first-order valence-corrected chi connectivity index (χ1v) is 10.6. The Morgan fingerprint density at radius 2 is 1.52 bits per heavy atom. The lowest BCUT2D eigenvalue weighted by atomic mass is 9.61. The van der Waals surface area contributed by atoms with Gasteiger partial charge in [0.05, 0.1) is 11.7 Å². The van der Waals surface area contributed by atoms with Crippen molar-refractivity contribution in [3.63, 3.8) is 0 Å². The van der Waals surface area contributed by atoms with E-state index in [1.165, 1.54) is 44.1 Å². The molecule has 0 bridgehead atoms. The standard InChI is InChI=1S/C26H31BO2/c1-16(28)26(5,6)29-27(7)23-14-13-20-18-12-11-17(25(2,3)4)15-22(18)19-9-8-10-21(23)24(19)20/h8-16,28H,1-7H3. The van der Waals surface area contributed by atoms with Gasteiger partial charge in [0, 0.05) is 0 Å². The summed E-state index contributed by atoms with van der Waals surface area (Å²) in [5, 5.41) is 12.6. The lowest BCUT2D eigenvalue weighted by Gasteiger charge is -2.32. The van der Waals surface area contributed by atoms with Gasteiger partial charge in [0.1, 0.15) is 0 Å². The van der Waals surface area contributed by atoms with Gasteiger partial charge in [-0.3, -0.25) is 0 Å². The van der Waals surface area contributed by atoms with Crippen LogP contribution in [0.15, 0.2) is 48.5 Å². The molecule has 0 radical (unpaired) electrons. The lowest BCUT2D eigenvalue weighted by Crippen LogP contribution is -2.45. The topological polar surface area (TPSA) is 29.5 Å². The van der Waals surface area contributed by atoms with Crippen LogP contribution in [-0.2, 0) is 10.1 Å². The van der Waals surface area contributed by atoms with Crippen molar-refractivity contribution in [2.45, 2.75) is 65.5 Å². The van der Waals surface area contributed by atoms with Crippen LogP contribution in [0.1, 0.15) is 47.1 Å². The fourth-order valence-corrected chi connectivity index (χ4v) is 4.32. The number of benzene rings is 3. The third kappa shape index (κ3) is 3.31. The van der Waals surface area contributed by atoms with Crippen LogP contribution in [0, 0.1) is 0 Å². The Labute approximate surface area is 175 Å². The smallest absolute Gasteiger partial charge is 0.324 e. The molecule has 0 saturated heterocycles. The quantitative estimate of drug-likeness (QED) is 0.450. The van der Waals surface area contributed by atoms with Gasteiger partial charge >= 0.3 is 6.92 Å². The maximum Gasteiger partial charge on any atom is 0.324 e. The highest BCUT2D eigenvalue weighted by Crippen LogP contribution is 2.47. The lowest BCUT2D eigenvalue weighted by molar-refractivity contribution is -0.0181. The molecule has 0 amide bonds. The van der Waals surface area contributed by atoms with Crippen LogP contribution < -0.4 is 5.46 Å². The average Bonchev–Trinajstić information content (AvgIpc) is 2.96. The molecule has 0 aliphatic heterocycles. The minimum Gasteiger partial charge on any atom is -0.424 e. The van der Waals surface area contributed by atoms with Gasteiger partial charge in [0.15, 0.2) is 0 Å². The first kappa shape index (κ1) is 20.2. The molecule has 0 heterocycles. The van der Waals surface area contributed by atoms with Gasteiger partial charge in [-0.2, -0.15) is 0 Å². The van der Waals surface area contributed by atoms with Gasteiger partial charge in [-0.05, 0) is 76.3 Å². The molecule has 1 atom stereocenters. The third-order valence-electron chi connectivity index (χ3n) is 6.46. The highest BCUT2D eigenvalue weighted by atomic mass is 16.5. The van der Waals surface area contributed by atoms with E-state index in [0.717, 1.165) is 0 Å². The summed E-state index contributed by atoms with van der Waals surface area (Å²) in [6.45, 7) is 14.4. The van der Waals surface area contributed by atoms with Crippen molar-refractivity contribution < 1.29 is 9.76 Å². The van der Waals surface area contributed by atoms with E-state index in [0.29, 0.717) is 0 Å². The molecule has 1 aliphatic carbocycles. The van der Waals surface area contributed by atoms with Gasteiger partial charge < -0.3 is 9.76 Å². The van der Waals surface area contributed by atoms with Crippen LogP contribution in [0.2, 0.25) is 6.82 Å². The number of aliphatic hydroxyl groups excluding tert-OH is 1. The SMILES string of the molecule is CB(OC(C)(C)C(C)O)c1ccc2c3c(cccc13)-c1cc(C(C)(C)C)ccc1-2. The van der Waals surface area contributed by atoms with E-state index in [1.54, 1.807) is 6.92 Å². The molecule has 0 aromatic heterocycles. The molecule has 1 aliphatic rings. The van der Waals surface area contributed by atoms with Crippen molar-refractivity contribution in [2.24, 2.45) is 0 Å². The summed E-state index contributed by atoms with van der Waals surface area (Å²) in [6.07, 6.45) is -0.540. The molecular weight excluding hydrogens is 355 g/mol. The Hall–Kier alpha value is -2.10. The number of aliphatic hydroxyl groups is 1. The molecular formula is C26H31BO2. The second-order valence-corrected chi connectivity index (χ2v) is 9.98. The molecule has 4 rings (SSSR count). The van der Waals surface area contributed by atoms with E-state index >= 15 is 0 Å². The first-order valence-electron chi connectivity index (χ1n) is 10.6. The van der Waals surface area contributed by atoms with Gasteiger partial charge in [0.25, 0.3) is 0 Å². The maximum absolute atomic E-state index is 10.1. The van der Waals surface area contributed by atoms with Crippen molar-refractivity contribution in [1.82, 2.24) is 0 Å². The third-order valence-corrected chi connectivity index (χ3v) is 6.46. The van der Waals surface area contributed by atoms with E-state index < -0.39 is 11.7 Å². The molecule has 0 fully saturated rings. The Balaban J connectivity index is 1.86. The maximum atomic E-state index is 10.1. The molecule has 29 heavy (non-hydrogen) atoms. The van der Waals surface area contributed by atoms with E-state index in [2.05, 4.69) is 76.1 Å². The Bertz CT molecular complexity index is 1090. The van der Waals surface area contributed by atoms with Gasteiger partial charge in [-0.15, -0.1) is 0 Å². The number of hydrogen-bond acceptors (Lipinski definition) is 2. The number of hydrogen-bond donors (Lipinski definition) is 1. The Kier molecular flexibility index (Phi) is 4.68. The molecule has 3 heteroatoms. The zero-order chi connectivity index (χ0) is 21.1. The molecule has 1 N–H and O–H groups in total. The average molecular weight is 386 g/mol. The second kappa shape index (κ2) is 6.72. The summed E-state index contributed by atoms with van der Waals surface area (Å²) in [7, 11) is 0. The fraction of sp³-hybridized carbons (Fsp3) is 0.385. The van der Waals surface area contributed by atoms with E-state index in [4.69, 9.17) is 4.65 Å². The van der Waals surface area contributed by atoms with Crippen molar-refractivity contribution in [3.05, 3.63) is 54.1 Å². The van der Waals surface area contributed by atoms with Crippen LogP contribution in [0.3, 0.4) is 0 Å². The van der Waals surface area contributed by atoms with Crippen LogP contribution in [-0.4, -0.2) is 23.7 Å². The number of fused-ring (bicyclic) bond motifs is 3. The zero-order valence-corrected chi connectivity index (χ0v) is 18.6. The molecule has 2 nitrogen and oxygen atoms in total. The van der Waals surface area contributed by atoms with E-state index in [9.17, 15) is 5.11 Å². The normalized spacial score (nSPS) is 14.2. The molecule has 3 aromatic carbocycles. The predicted molar refractivity (Wildman–Crippen MR) is 125 cm³/mol. The summed E-state index contributed by atoms with van der Waals surface area (Å²) < 4.78 is 6.28. The highest BCUT2D eigenvalue weighted by Gasteiger charge is 2.31. The van der Waals surface area contributed by atoms with E-state index in [1.807, 2.05) is 13.8 Å². The van der Waals surface area contributed by atoms with Crippen LogP contribution in [0.4, 0.5) is 0 Å². The molecule has 1 unspecified atom stereocenters. The first-order chi connectivity index (χ1) is 13.5. The zero-order valence-electron chi connectivity index (χ0n) is 18.6. The van der Waals surface area contributed by atoms with Gasteiger partial charge in [-0.1, -0.05) is 70.1 Å². The summed E-state index contributed by atoms with van der Waals surface area (Å²) in [4.78, 5) is 0. The van der Waals surface area contributed by atoms with Crippen LogP contribution >= 0.6 is 0 Å². The van der Waals surface area contributed by atoms with Crippen molar-refractivity contribution in [1.29, 1.82) is 0 Å². The minimum absolute atomic E-state index is 0.113. The summed E-state index contributed by atoms with van der Waals surface area (Å²) in [5.74, 6) is 0. The van der Waals surface area contributed by atoms with Crippen LogP contribution in [0.5, 0.6) is 0 Å². The van der Waals surface area contributed by atoms with Crippen LogP contribution in [0.25, 0.3) is 33.0 Å². The Morgan fingerprint density at radius 1 is 0.862 bits per heavy atom. The Morgan fingerprint density at radius 3 is 2.17 bits per heavy atom. The highest BCUT2D eigenvalue weighted by molar-refractivity contribution is 6.69. The summed E-state index contributed by atoms with van der Waals surface area (Å²) in [5.41, 5.74) is 7.30. The largest absolute Gasteiger partial charge is 0.424 e. The van der Waals surface area contributed by atoms with Gasteiger partial charge in [-0.25, -0.2) is 0 Å². The van der Waals surface area contributed by atoms with Gasteiger partial charge in [0.2, 0.25) is 0 Å². The molecule has 0 spiro atoms. The molecule has 150 valence electrons. The fourth-order valence-electron chi connectivity index (χ4n) is 4.32. The minimum atomic E-state index is -0.604. The molecule has 0 saturated carbocycles. The van der Waals surface area contributed by atoms with Crippen molar-refractivity contribution in [3.8, 4) is 22.3 Å². The second-order valence-electron chi connectivity index (χ2n) is 9.98. The monoisotopic (exact) mass is 386 g/mol.